The molecule has 3 heteroatoms. The lowest BCUT2D eigenvalue weighted by Gasteiger charge is -2.09. The van der Waals surface area contributed by atoms with Crippen molar-refractivity contribution >= 4 is 10.9 Å². The molecular formula is C14H19ClN2. The molecule has 92 valence electrons. The van der Waals surface area contributed by atoms with E-state index in [1.807, 2.05) is 0 Å². The van der Waals surface area contributed by atoms with Crippen LogP contribution in [0.4, 0.5) is 0 Å². The number of rotatable bonds is 3. The summed E-state index contributed by atoms with van der Waals surface area (Å²) >= 11 is 0. The van der Waals surface area contributed by atoms with E-state index in [1.54, 1.807) is 0 Å². The molecule has 0 fully saturated rings. The van der Waals surface area contributed by atoms with Crippen molar-refractivity contribution in [3.63, 3.8) is 0 Å². The standard InChI is InChI=1S/C14H19N2.ClH/c1-12-8-9-13-6-4-5-7-14(13)16(12)11-10-15(2)3;/h4-9H,10-11H2,1-3H3;1H/q+1;/p-1. The number of hydrogen-bond donors (Lipinski definition) is 0. The largest absolute Gasteiger partial charge is 1.00 e. The molecule has 0 radical (unpaired) electrons. The first-order valence-corrected chi connectivity index (χ1v) is 5.71. The normalized spacial score (nSPS) is 10.6. The van der Waals surface area contributed by atoms with Gasteiger partial charge in [-0.05, 0) is 26.2 Å². The molecule has 2 aromatic rings. The number of pyridine rings is 1. The van der Waals surface area contributed by atoms with Gasteiger partial charge >= 0.3 is 0 Å². The molecule has 0 atom stereocenters. The number of para-hydroxylation sites is 1. The first-order chi connectivity index (χ1) is 7.68. The minimum absolute atomic E-state index is 0. The highest BCUT2D eigenvalue weighted by molar-refractivity contribution is 5.75. The van der Waals surface area contributed by atoms with E-state index in [0.29, 0.717) is 0 Å². The fourth-order valence-corrected chi connectivity index (χ4v) is 1.96. The van der Waals surface area contributed by atoms with Gasteiger partial charge in [0.1, 0.15) is 0 Å². The number of aryl methyl sites for hydroxylation is 1. The monoisotopic (exact) mass is 250 g/mol. The van der Waals surface area contributed by atoms with Crippen LogP contribution >= 0.6 is 0 Å². The SMILES string of the molecule is Cc1ccc2ccccc2[n+]1CCN(C)C.[Cl-]. The predicted molar refractivity (Wildman–Crippen MR) is 67.4 cm³/mol. The van der Waals surface area contributed by atoms with E-state index in [9.17, 15) is 0 Å². The van der Waals surface area contributed by atoms with Crippen molar-refractivity contribution in [2.45, 2.75) is 13.5 Å². The van der Waals surface area contributed by atoms with Crippen molar-refractivity contribution in [2.75, 3.05) is 20.6 Å². The van der Waals surface area contributed by atoms with Crippen LogP contribution in [-0.4, -0.2) is 25.5 Å². The quantitative estimate of drug-likeness (QED) is 0.634. The lowest BCUT2D eigenvalue weighted by Crippen LogP contribution is -3.00. The molecule has 0 aliphatic rings. The van der Waals surface area contributed by atoms with Gasteiger partial charge in [-0.3, -0.25) is 0 Å². The summed E-state index contributed by atoms with van der Waals surface area (Å²) in [5, 5.41) is 1.31. The lowest BCUT2D eigenvalue weighted by molar-refractivity contribution is -0.676. The van der Waals surface area contributed by atoms with Gasteiger partial charge in [-0.2, -0.15) is 4.57 Å². The number of hydrogen-bond acceptors (Lipinski definition) is 1. The Morgan fingerprint density at radius 2 is 1.76 bits per heavy atom. The van der Waals surface area contributed by atoms with Gasteiger partial charge in [0.2, 0.25) is 5.52 Å². The molecule has 0 N–H and O–H groups in total. The summed E-state index contributed by atoms with van der Waals surface area (Å²) in [5.74, 6) is 0. The Labute approximate surface area is 109 Å². The molecule has 17 heavy (non-hydrogen) atoms. The molecule has 0 bridgehead atoms. The Morgan fingerprint density at radius 1 is 1.06 bits per heavy atom. The van der Waals surface area contributed by atoms with Gasteiger partial charge in [0.25, 0.3) is 0 Å². The van der Waals surface area contributed by atoms with Crippen molar-refractivity contribution in [2.24, 2.45) is 0 Å². The Morgan fingerprint density at radius 3 is 2.47 bits per heavy atom. The van der Waals surface area contributed by atoms with E-state index in [0.717, 1.165) is 13.1 Å². The van der Waals surface area contributed by atoms with Crippen LogP contribution in [0, 0.1) is 6.92 Å². The maximum atomic E-state index is 2.38. The van der Waals surface area contributed by atoms with Crippen LogP contribution in [-0.2, 0) is 6.54 Å². The van der Waals surface area contributed by atoms with Gasteiger partial charge in [0.15, 0.2) is 12.2 Å². The second-order valence-electron chi connectivity index (χ2n) is 4.49. The van der Waals surface area contributed by atoms with E-state index in [1.165, 1.54) is 16.6 Å². The number of aromatic nitrogens is 1. The molecule has 0 saturated heterocycles. The smallest absolute Gasteiger partial charge is 0.212 e. The first kappa shape index (κ1) is 13.9. The van der Waals surface area contributed by atoms with Crippen LogP contribution in [0.1, 0.15) is 5.69 Å². The highest BCUT2D eigenvalue weighted by atomic mass is 35.5. The van der Waals surface area contributed by atoms with Crippen LogP contribution in [0.3, 0.4) is 0 Å². The third-order valence-corrected chi connectivity index (χ3v) is 2.93. The number of nitrogens with zero attached hydrogens (tertiary/aromatic N) is 2. The molecule has 0 aliphatic carbocycles. The van der Waals surface area contributed by atoms with Gasteiger partial charge in [0, 0.05) is 24.4 Å². The summed E-state index contributed by atoms with van der Waals surface area (Å²) in [7, 11) is 4.22. The second-order valence-corrected chi connectivity index (χ2v) is 4.49. The maximum absolute atomic E-state index is 2.38. The summed E-state index contributed by atoms with van der Waals surface area (Å²) in [6.45, 7) is 4.28. The molecule has 0 unspecified atom stereocenters. The van der Waals surface area contributed by atoms with Crippen molar-refractivity contribution < 1.29 is 17.0 Å². The third-order valence-electron chi connectivity index (χ3n) is 2.93. The molecule has 2 nitrogen and oxygen atoms in total. The fourth-order valence-electron chi connectivity index (χ4n) is 1.96. The van der Waals surface area contributed by atoms with Gasteiger partial charge in [-0.1, -0.05) is 12.1 Å². The van der Waals surface area contributed by atoms with Gasteiger partial charge in [-0.15, -0.1) is 0 Å². The number of fused-ring (bicyclic) bond motifs is 1. The summed E-state index contributed by atoms with van der Waals surface area (Å²) in [4.78, 5) is 2.22. The molecule has 0 amide bonds. The Balaban J connectivity index is 0.00000144. The number of benzene rings is 1. The van der Waals surface area contributed by atoms with Crippen molar-refractivity contribution in [3.05, 3.63) is 42.1 Å². The van der Waals surface area contributed by atoms with Crippen molar-refractivity contribution in [3.8, 4) is 0 Å². The third kappa shape index (κ3) is 3.18. The minimum Gasteiger partial charge on any atom is -1.00 e. The Bertz CT molecular complexity index is 495. The Kier molecular flexibility index (Phi) is 4.91. The van der Waals surface area contributed by atoms with Crippen LogP contribution in [0.5, 0.6) is 0 Å². The minimum atomic E-state index is 0. The molecule has 0 saturated carbocycles. The number of halogens is 1. The van der Waals surface area contributed by atoms with Crippen LogP contribution < -0.4 is 17.0 Å². The lowest BCUT2D eigenvalue weighted by atomic mass is 10.2. The van der Waals surface area contributed by atoms with E-state index in [4.69, 9.17) is 0 Å². The molecule has 0 spiro atoms. The van der Waals surface area contributed by atoms with E-state index < -0.39 is 0 Å². The van der Waals surface area contributed by atoms with Gasteiger partial charge in [0.05, 0.1) is 6.54 Å². The zero-order valence-electron chi connectivity index (χ0n) is 10.7. The van der Waals surface area contributed by atoms with E-state index >= 15 is 0 Å². The molecule has 1 aromatic heterocycles. The average Bonchev–Trinajstić information content (AvgIpc) is 2.27. The Hall–Kier alpha value is -1.12. The first-order valence-electron chi connectivity index (χ1n) is 5.71. The van der Waals surface area contributed by atoms with Crippen molar-refractivity contribution in [1.82, 2.24) is 4.90 Å². The van der Waals surface area contributed by atoms with Gasteiger partial charge < -0.3 is 17.3 Å². The molecule has 2 rings (SSSR count). The molecule has 1 heterocycles. The molecular weight excluding hydrogens is 232 g/mol. The zero-order chi connectivity index (χ0) is 11.5. The zero-order valence-corrected chi connectivity index (χ0v) is 11.4. The number of likely N-dealkylation sites (N-methyl/N-ethyl adjacent to an activating group) is 1. The summed E-state index contributed by atoms with van der Waals surface area (Å²) < 4.78 is 2.38. The maximum Gasteiger partial charge on any atom is 0.212 e. The van der Waals surface area contributed by atoms with Crippen LogP contribution in [0.15, 0.2) is 36.4 Å². The summed E-state index contributed by atoms with van der Waals surface area (Å²) in [6, 6.07) is 12.9. The average molecular weight is 251 g/mol. The summed E-state index contributed by atoms with van der Waals surface area (Å²) in [6.07, 6.45) is 0. The van der Waals surface area contributed by atoms with E-state index in [-0.39, 0.29) is 12.4 Å². The topological polar surface area (TPSA) is 7.12 Å². The van der Waals surface area contributed by atoms with Crippen LogP contribution in [0.2, 0.25) is 0 Å². The van der Waals surface area contributed by atoms with Crippen LogP contribution in [0.25, 0.3) is 10.9 Å². The summed E-state index contributed by atoms with van der Waals surface area (Å²) in [5.41, 5.74) is 2.64. The predicted octanol–water partition coefficient (Wildman–Crippen LogP) is -0.999. The highest BCUT2D eigenvalue weighted by Gasteiger charge is 2.11. The molecule has 1 aromatic carbocycles. The second kappa shape index (κ2) is 5.99. The van der Waals surface area contributed by atoms with Gasteiger partial charge in [-0.25, -0.2) is 0 Å². The van der Waals surface area contributed by atoms with Crippen molar-refractivity contribution in [1.29, 1.82) is 0 Å². The van der Waals surface area contributed by atoms with E-state index in [2.05, 4.69) is 66.9 Å². The fraction of sp³-hybridized carbons (Fsp3) is 0.357. The highest BCUT2D eigenvalue weighted by Crippen LogP contribution is 2.09. The molecule has 0 aliphatic heterocycles.